The molecular weight excluding hydrogens is 260 g/mol. The molecule has 0 saturated carbocycles. The van der Waals surface area contributed by atoms with Crippen molar-refractivity contribution in [3.05, 3.63) is 29.8 Å². The molecule has 20 heavy (non-hydrogen) atoms. The van der Waals surface area contributed by atoms with Crippen molar-refractivity contribution in [3.63, 3.8) is 0 Å². The summed E-state index contributed by atoms with van der Waals surface area (Å²) in [6.45, 7) is 3.08. The van der Waals surface area contributed by atoms with Crippen LogP contribution in [0.1, 0.15) is 30.1 Å². The Morgan fingerprint density at radius 1 is 1.40 bits per heavy atom. The number of benzene rings is 1. The molecule has 0 amide bonds. The zero-order chi connectivity index (χ0) is 15.4. The molecule has 1 unspecified atom stereocenters. The molecule has 1 aromatic carbocycles. The van der Waals surface area contributed by atoms with Gasteiger partial charge in [0.05, 0.1) is 6.61 Å². The molecule has 6 heteroatoms. The van der Waals surface area contributed by atoms with Gasteiger partial charge in [0.2, 0.25) is 0 Å². The first-order valence-corrected chi connectivity index (χ1v) is 6.41. The molecule has 0 radical (unpaired) electrons. The molecule has 0 aliphatic carbocycles. The van der Waals surface area contributed by atoms with Crippen molar-refractivity contribution >= 4 is 12.3 Å². The van der Waals surface area contributed by atoms with Gasteiger partial charge in [0.25, 0.3) is 0 Å². The molecule has 1 rings (SSSR count). The molecule has 5 N–H and O–H groups in total. The van der Waals surface area contributed by atoms with Gasteiger partial charge < -0.3 is 21.3 Å². The molecule has 112 valence electrons. The molecule has 0 spiro atoms. The molecular formula is C14H22N2O4. The third kappa shape index (κ3) is 8.23. The number of carboxylic acids is 1. The quantitative estimate of drug-likeness (QED) is 0.643. The number of rotatable bonds is 7. The van der Waals surface area contributed by atoms with E-state index in [1.165, 1.54) is 0 Å². The van der Waals surface area contributed by atoms with E-state index in [4.69, 9.17) is 21.3 Å². The van der Waals surface area contributed by atoms with Crippen LogP contribution < -0.4 is 16.2 Å². The summed E-state index contributed by atoms with van der Waals surface area (Å²) in [6, 6.07) is 6.30. The van der Waals surface area contributed by atoms with Gasteiger partial charge >= 0.3 is 5.97 Å². The number of hydrogen-bond donors (Lipinski definition) is 3. The topological polar surface area (TPSA) is 116 Å². The summed E-state index contributed by atoms with van der Waals surface area (Å²) in [5.74, 6) is -0.151. The van der Waals surface area contributed by atoms with Crippen molar-refractivity contribution in [2.24, 2.45) is 11.5 Å². The lowest BCUT2D eigenvalue weighted by molar-refractivity contribution is -0.138. The van der Waals surface area contributed by atoms with E-state index in [1.54, 1.807) is 24.3 Å². The van der Waals surface area contributed by atoms with E-state index in [2.05, 4.69) is 0 Å². The zero-order valence-corrected chi connectivity index (χ0v) is 11.6. The van der Waals surface area contributed by atoms with Gasteiger partial charge in [0, 0.05) is 5.56 Å². The Kier molecular flexibility index (Phi) is 9.90. The van der Waals surface area contributed by atoms with E-state index in [9.17, 15) is 9.59 Å². The average molecular weight is 282 g/mol. The second kappa shape index (κ2) is 11.0. The molecule has 6 nitrogen and oxygen atoms in total. The van der Waals surface area contributed by atoms with E-state index in [1.807, 2.05) is 6.92 Å². The first kappa shape index (κ1) is 18.1. The Hall–Kier alpha value is -1.92. The van der Waals surface area contributed by atoms with E-state index < -0.39 is 12.0 Å². The van der Waals surface area contributed by atoms with Crippen LogP contribution in [0.4, 0.5) is 0 Å². The molecule has 0 fully saturated rings. The van der Waals surface area contributed by atoms with Crippen LogP contribution >= 0.6 is 0 Å². The van der Waals surface area contributed by atoms with Gasteiger partial charge in [-0.1, -0.05) is 0 Å². The Bertz CT molecular complexity index is 393. The van der Waals surface area contributed by atoms with Gasteiger partial charge in [-0.15, -0.1) is 0 Å². The standard InChI is InChI=1S/C9H10O2.C5H12N2O2/c1-2-11-9-5-3-8(7-10)4-6-9;6-3-1-2-4(7)5(8)9/h3-7H,2H2,1H3;4H,1-3,6-7H2,(H,8,9). The highest BCUT2D eigenvalue weighted by Crippen LogP contribution is 2.10. The number of nitrogens with two attached hydrogens (primary N) is 2. The minimum atomic E-state index is -0.955. The van der Waals surface area contributed by atoms with Crippen LogP contribution in [0.15, 0.2) is 24.3 Å². The number of carbonyl (C=O) groups excluding carboxylic acids is 1. The molecule has 0 saturated heterocycles. The minimum Gasteiger partial charge on any atom is -0.494 e. The predicted octanol–water partition coefficient (Wildman–Crippen LogP) is 1.04. The minimum absolute atomic E-state index is 0.464. The SMILES string of the molecule is CCOc1ccc(C=O)cc1.NCCCC(N)C(=O)O. The van der Waals surface area contributed by atoms with Gasteiger partial charge in [-0.25, -0.2) is 0 Å². The van der Waals surface area contributed by atoms with Gasteiger partial charge in [-0.2, -0.15) is 0 Å². The fourth-order valence-corrected chi connectivity index (χ4v) is 1.27. The van der Waals surface area contributed by atoms with Crippen LogP contribution in [0.2, 0.25) is 0 Å². The summed E-state index contributed by atoms with van der Waals surface area (Å²) < 4.78 is 5.19. The Labute approximate surface area is 118 Å². The normalized spacial score (nSPS) is 10.9. The Morgan fingerprint density at radius 2 is 2.00 bits per heavy atom. The highest BCUT2D eigenvalue weighted by atomic mass is 16.5. The lowest BCUT2D eigenvalue weighted by Crippen LogP contribution is -2.30. The second-order valence-corrected chi connectivity index (χ2v) is 4.00. The van der Waals surface area contributed by atoms with Gasteiger partial charge in [0.1, 0.15) is 18.1 Å². The van der Waals surface area contributed by atoms with E-state index >= 15 is 0 Å². The summed E-state index contributed by atoms with van der Waals surface area (Å²) in [7, 11) is 0. The molecule has 0 aromatic heterocycles. The molecule has 0 heterocycles. The highest BCUT2D eigenvalue weighted by molar-refractivity contribution is 5.74. The lowest BCUT2D eigenvalue weighted by atomic mass is 10.2. The fraction of sp³-hybridized carbons (Fsp3) is 0.429. The van der Waals surface area contributed by atoms with Crippen molar-refractivity contribution < 1.29 is 19.4 Å². The summed E-state index contributed by atoms with van der Waals surface area (Å²) in [6.07, 6.45) is 1.95. The fourth-order valence-electron chi connectivity index (χ4n) is 1.27. The van der Waals surface area contributed by atoms with E-state index in [-0.39, 0.29) is 0 Å². The second-order valence-electron chi connectivity index (χ2n) is 4.00. The maximum atomic E-state index is 10.2. The molecule has 0 aliphatic heterocycles. The number of ether oxygens (including phenoxy) is 1. The predicted molar refractivity (Wildman–Crippen MR) is 76.9 cm³/mol. The van der Waals surface area contributed by atoms with E-state index in [0.29, 0.717) is 31.6 Å². The lowest BCUT2D eigenvalue weighted by Gasteiger charge is -2.02. The average Bonchev–Trinajstić information content (AvgIpc) is 2.46. The van der Waals surface area contributed by atoms with Crippen molar-refractivity contribution in [2.45, 2.75) is 25.8 Å². The van der Waals surface area contributed by atoms with Crippen LogP contribution in [0.3, 0.4) is 0 Å². The van der Waals surface area contributed by atoms with Crippen molar-refractivity contribution in [1.29, 1.82) is 0 Å². The van der Waals surface area contributed by atoms with Gasteiger partial charge in [-0.05, 0) is 50.6 Å². The largest absolute Gasteiger partial charge is 0.494 e. The summed E-state index contributed by atoms with van der Waals surface area (Å²) >= 11 is 0. The summed E-state index contributed by atoms with van der Waals surface area (Å²) in [4.78, 5) is 20.3. The van der Waals surface area contributed by atoms with Gasteiger partial charge in [-0.3, -0.25) is 9.59 Å². The maximum Gasteiger partial charge on any atom is 0.320 e. The van der Waals surface area contributed by atoms with Crippen LogP contribution in [-0.2, 0) is 4.79 Å². The van der Waals surface area contributed by atoms with Crippen LogP contribution in [-0.4, -0.2) is 36.6 Å². The number of hydrogen-bond acceptors (Lipinski definition) is 5. The first-order valence-electron chi connectivity index (χ1n) is 6.41. The van der Waals surface area contributed by atoms with Crippen LogP contribution in [0.25, 0.3) is 0 Å². The van der Waals surface area contributed by atoms with Gasteiger partial charge in [0.15, 0.2) is 0 Å². The van der Waals surface area contributed by atoms with Crippen molar-refractivity contribution in [1.82, 2.24) is 0 Å². The first-order chi connectivity index (χ1) is 9.54. The summed E-state index contributed by atoms with van der Waals surface area (Å²) in [5.41, 5.74) is 11.0. The van der Waals surface area contributed by atoms with Crippen LogP contribution in [0.5, 0.6) is 5.75 Å². The number of carboxylic acid groups (broad SMARTS) is 1. The molecule has 1 atom stereocenters. The monoisotopic (exact) mass is 282 g/mol. The summed E-state index contributed by atoms with van der Waals surface area (Å²) in [5, 5.41) is 8.24. The number of aliphatic carboxylic acids is 1. The Morgan fingerprint density at radius 3 is 2.40 bits per heavy atom. The smallest absolute Gasteiger partial charge is 0.320 e. The van der Waals surface area contributed by atoms with Crippen molar-refractivity contribution in [3.8, 4) is 5.75 Å². The third-order valence-corrected chi connectivity index (χ3v) is 2.36. The third-order valence-electron chi connectivity index (χ3n) is 2.36. The van der Waals surface area contributed by atoms with Crippen LogP contribution in [0, 0.1) is 0 Å². The zero-order valence-electron chi connectivity index (χ0n) is 11.6. The maximum absolute atomic E-state index is 10.2. The molecule has 0 bridgehead atoms. The number of aldehydes is 1. The molecule has 0 aliphatic rings. The Balaban J connectivity index is 0.000000370. The highest BCUT2D eigenvalue weighted by Gasteiger charge is 2.08. The van der Waals surface area contributed by atoms with E-state index in [0.717, 1.165) is 12.0 Å². The van der Waals surface area contributed by atoms with Crippen molar-refractivity contribution in [2.75, 3.05) is 13.2 Å². The molecule has 1 aromatic rings. The number of carbonyl (C=O) groups is 2.